The van der Waals surface area contributed by atoms with E-state index in [1.54, 1.807) is 50.6 Å². The number of nitrogens with zero attached hydrogens (tertiary/aromatic N) is 2. The van der Waals surface area contributed by atoms with E-state index in [-0.39, 0.29) is 6.61 Å². The number of pyridine rings is 1. The molecule has 108 valence electrons. The molecule has 21 heavy (non-hydrogen) atoms. The number of aromatic nitrogens is 1. The van der Waals surface area contributed by atoms with E-state index in [0.717, 1.165) is 5.56 Å². The molecule has 0 spiro atoms. The van der Waals surface area contributed by atoms with Gasteiger partial charge in [-0.05, 0) is 36.8 Å². The zero-order chi connectivity index (χ0) is 15.2. The minimum atomic E-state index is -0.641. The van der Waals surface area contributed by atoms with E-state index in [9.17, 15) is 5.11 Å². The van der Waals surface area contributed by atoms with Gasteiger partial charge in [-0.25, -0.2) is 4.98 Å². The molecule has 0 radical (unpaired) electrons. The molecule has 0 saturated heterocycles. The van der Waals surface area contributed by atoms with Gasteiger partial charge >= 0.3 is 0 Å². The Morgan fingerprint density at radius 3 is 2.81 bits per heavy atom. The minimum absolute atomic E-state index is 0.282. The Labute approximate surface area is 123 Å². The molecule has 0 aliphatic rings. The lowest BCUT2D eigenvalue weighted by atomic mass is 10.1. The number of aliphatic hydroxyl groups is 1. The van der Waals surface area contributed by atoms with Crippen molar-refractivity contribution in [1.82, 2.24) is 4.98 Å². The van der Waals surface area contributed by atoms with Crippen LogP contribution in [0.2, 0.25) is 0 Å². The highest BCUT2D eigenvalue weighted by atomic mass is 16.5. The summed E-state index contributed by atoms with van der Waals surface area (Å²) in [6.07, 6.45) is 0.927. The molecule has 1 atom stereocenters. The van der Waals surface area contributed by atoms with Crippen LogP contribution in [0.25, 0.3) is 0 Å². The largest absolute Gasteiger partial charge is 0.497 e. The number of rotatable bonds is 5. The summed E-state index contributed by atoms with van der Waals surface area (Å²) in [5.41, 5.74) is 1.86. The number of ether oxygens (including phenoxy) is 2. The molecule has 0 unspecified atom stereocenters. The molecule has 0 aliphatic carbocycles. The molecule has 5 heteroatoms. The fourth-order valence-corrected chi connectivity index (χ4v) is 1.90. The van der Waals surface area contributed by atoms with Gasteiger partial charge in [-0.15, -0.1) is 0 Å². The Morgan fingerprint density at radius 2 is 2.14 bits per heavy atom. The van der Waals surface area contributed by atoms with Gasteiger partial charge in [0, 0.05) is 17.8 Å². The molecule has 5 nitrogen and oxygen atoms in total. The summed E-state index contributed by atoms with van der Waals surface area (Å²) in [6, 6.07) is 10.7. The number of benzene rings is 1. The van der Waals surface area contributed by atoms with Crippen LogP contribution in [0, 0.1) is 11.3 Å². The van der Waals surface area contributed by atoms with Gasteiger partial charge in [-0.1, -0.05) is 0 Å². The van der Waals surface area contributed by atoms with Crippen molar-refractivity contribution in [1.29, 1.82) is 5.26 Å². The molecule has 0 amide bonds. The van der Waals surface area contributed by atoms with Crippen LogP contribution in [-0.4, -0.2) is 17.2 Å². The zero-order valence-electron chi connectivity index (χ0n) is 11.9. The Morgan fingerprint density at radius 1 is 1.33 bits per heavy atom. The third-order valence-corrected chi connectivity index (χ3v) is 3.00. The summed E-state index contributed by atoms with van der Waals surface area (Å²) in [5, 5.41) is 18.6. The van der Waals surface area contributed by atoms with Crippen LogP contribution in [0.5, 0.6) is 11.5 Å². The first-order valence-corrected chi connectivity index (χ1v) is 6.48. The van der Waals surface area contributed by atoms with Crippen molar-refractivity contribution in [2.24, 2.45) is 0 Å². The van der Waals surface area contributed by atoms with E-state index in [1.165, 1.54) is 0 Å². The van der Waals surface area contributed by atoms with E-state index < -0.39 is 6.10 Å². The predicted molar refractivity (Wildman–Crippen MR) is 76.9 cm³/mol. The van der Waals surface area contributed by atoms with Crippen molar-refractivity contribution in [2.75, 3.05) is 7.11 Å². The fourth-order valence-electron chi connectivity index (χ4n) is 1.90. The number of nitriles is 1. The molecule has 1 N–H and O–H groups in total. The molecule has 2 aromatic rings. The second-order valence-electron chi connectivity index (χ2n) is 4.53. The van der Waals surface area contributed by atoms with E-state index in [2.05, 4.69) is 4.98 Å². The fraction of sp³-hybridized carbons (Fsp3) is 0.250. The maximum absolute atomic E-state index is 9.77. The molecule has 2 rings (SSSR count). The average molecular weight is 284 g/mol. The van der Waals surface area contributed by atoms with Crippen LogP contribution in [-0.2, 0) is 6.61 Å². The van der Waals surface area contributed by atoms with Crippen LogP contribution < -0.4 is 9.47 Å². The number of methoxy groups -OCH3 is 1. The van der Waals surface area contributed by atoms with Gasteiger partial charge < -0.3 is 14.6 Å². The van der Waals surface area contributed by atoms with Gasteiger partial charge in [-0.3, -0.25) is 0 Å². The van der Waals surface area contributed by atoms with E-state index in [0.29, 0.717) is 22.8 Å². The average Bonchev–Trinajstić information content (AvgIpc) is 2.52. The Hall–Kier alpha value is -2.58. The summed E-state index contributed by atoms with van der Waals surface area (Å²) in [5.74, 6) is 1.21. The van der Waals surface area contributed by atoms with Crippen molar-refractivity contribution in [3.8, 4) is 17.6 Å². The molecule has 0 saturated carbocycles. The Bertz CT molecular complexity index is 663. The van der Waals surface area contributed by atoms with Crippen LogP contribution >= 0.6 is 0 Å². The highest BCUT2D eigenvalue weighted by Crippen LogP contribution is 2.30. The summed E-state index contributed by atoms with van der Waals surface area (Å²) < 4.78 is 10.9. The summed E-state index contributed by atoms with van der Waals surface area (Å²) >= 11 is 0. The Kier molecular flexibility index (Phi) is 4.75. The zero-order valence-corrected chi connectivity index (χ0v) is 11.9. The van der Waals surface area contributed by atoms with Crippen molar-refractivity contribution in [2.45, 2.75) is 19.6 Å². The molecule has 0 bridgehead atoms. The predicted octanol–water partition coefficient (Wildman–Crippen LogP) is 2.59. The topological polar surface area (TPSA) is 75.4 Å². The summed E-state index contributed by atoms with van der Waals surface area (Å²) in [7, 11) is 1.57. The smallest absolute Gasteiger partial charge is 0.140 e. The maximum Gasteiger partial charge on any atom is 0.140 e. The van der Waals surface area contributed by atoms with E-state index >= 15 is 0 Å². The quantitative estimate of drug-likeness (QED) is 0.913. The molecule has 0 aliphatic heterocycles. The monoisotopic (exact) mass is 284 g/mol. The van der Waals surface area contributed by atoms with Crippen molar-refractivity contribution in [3.63, 3.8) is 0 Å². The van der Waals surface area contributed by atoms with E-state index in [4.69, 9.17) is 14.7 Å². The lowest BCUT2D eigenvalue weighted by Gasteiger charge is -2.14. The number of hydrogen-bond donors (Lipinski definition) is 1. The highest BCUT2D eigenvalue weighted by Gasteiger charge is 2.11. The lowest BCUT2D eigenvalue weighted by molar-refractivity contribution is 0.190. The highest BCUT2D eigenvalue weighted by molar-refractivity contribution is 5.42. The van der Waals surface area contributed by atoms with Gasteiger partial charge in [0.2, 0.25) is 0 Å². The van der Waals surface area contributed by atoms with Crippen LogP contribution in [0.4, 0.5) is 0 Å². The second kappa shape index (κ2) is 6.73. The van der Waals surface area contributed by atoms with Gasteiger partial charge in [-0.2, -0.15) is 5.26 Å². The van der Waals surface area contributed by atoms with Crippen molar-refractivity contribution < 1.29 is 14.6 Å². The van der Waals surface area contributed by atoms with Crippen LogP contribution in [0.1, 0.15) is 29.8 Å². The first-order valence-electron chi connectivity index (χ1n) is 6.48. The molecular formula is C16H16N2O3. The molecule has 0 fully saturated rings. The first kappa shape index (κ1) is 14.8. The third kappa shape index (κ3) is 3.71. The van der Waals surface area contributed by atoms with Crippen molar-refractivity contribution in [3.05, 3.63) is 53.3 Å². The van der Waals surface area contributed by atoms with Gasteiger partial charge in [0.1, 0.15) is 29.9 Å². The summed E-state index contributed by atoms with van der Waals surface area (Å²) in [4.78, 5) is 3.91. The van der Waals surface area contributed by atoms with Gasteiger partial charge in [0.05, 0.1) is 13.2 Å². The summed E-state index contributed by atoms with van der Waals surface area (Å²) in [6.45, 7) is 1.96. The first-order chi connectivity index (χ1) is 10.1. The maximum atomic E-state index is 9.77. The molecule has 1 aromatic carbocycles. The molecule has 1 aromatic heterocycles. The third-order valence-electron chi connectivity index (χ3n) is 3.00. The normalized spacial score (nSPS) is 11.5. The van der Waals surface area contributed by atoms with E-state index in [1.807, 2.05) is 6.07 Å². The molecular weight excluding hydrogens is 268 g/mol. The standard InChI is InChI=1S/C16H16N2O3/c1-11(19)15-4-3-14(20-2)8-16(15)21-10-12-5-6-18-13(7-12)9-17/h3-8,11,19H,10H2,1-2H3/t11-/m0/s1. The van der Waals surface area contributed by atoms with Crippen molar-refractivity contribution >= 4 is 0 Å². The second-order valence-corrected chi connectivity index (χ2v) is 4.53. The van der Waals surface area contributed by atoms with Gasteiger partial charge in [0.15, 0.2) is 0 Å². The lowest BCUT2D eigenvalue weighted by Crippen LogP contribution is -2.02. The minimum Gasteiger partial charge on any atom is -0.497 e. The molecule has 1 heterocycles. The van der Waals surface area contributed by atoms with Crippen LogP contribution in [0.15, 0.2) is 36.5 Å². The van der Waals surface area contributed by atoms with Crippen LogP contribution in [0.3, 0.4) is 0 Å². The Balaban J connectivity index is 2.20. The van der Waals surface area contributed by atoms with Gasteiger partial charge in [0.25, 0.3) is 0 Å². The number of aliphatic hydroxyl groups excluding tert-OH is 1. The number of hydrogen-bond acceptors (Lipinski definition) is 5. The SMILES string of the molecule is COc1ccc([C@H](C)O)c(OCc2ccnc(C#N)c2)c1.